The zero-order valence-electron chi connectivity index (χ0n) is 16.5. The predicted octanol–water partition coefficient (Wildman–Crippen LogP) is 2.09. The molecule has 7 nitrogen and oxygen atoms in total. The molecule has 7 heteroatoms. The van der Waals surface area contributed by atoms with Crippen LogP contribution in [0.15, 0.2) is 12.1 Å². The summed E-state index contributed by atoms with van der Waals surface area (Å²) in [5, 5.41) is 0. The lowest BCUT2D eigenvalue weighted by Crippen LogP contribution is -2.46. The maximum Gasteiger partial charge on any atom is 0.223 e. The Kier molecular flexibility index (Phi) is 5.32. The monoisotopic (exact) mass is 368 g/mol. The molecule has 2 heterocycles. The van der Waals surface area contributed by atoms with Crippen LogP contribution in [-0.4, -0.2) is 46.8 Å². The highest BCUT2D eigenvalue weighted by Crippen LogP contribution is 2.25. The van der Waals surface area contributed by atoms with Gasteiger partial charge in [0, 0.05) is 44.4 Å². The van der Waals surface area contributed by atoms with Crippen LogP contribution in [0.5, 0.6) is 0 Å². The van der Waals surface area contributed by atoms with E-state index in [1.54, 1.807) is 13.0 Å². The van der Waals surface area contributed by atoms with Crippen LogP contribution in [0.3, 0.4) is 0 Å². The third-order valence-electron chi connectivity index (χ3n) is 5.31. The second-order valence-corrected chi connectivity index (χ2v) is 7.32. The van der Waals surface area contributed by atoms with Crippen LogP contribution in [0.25, 0.3) is 0 Å². The fourth-order valence-corrected chi connectivity index (χ4v) is 4.00. The van der Waals surface area contributed by atoms with Crippen LogP contribution in [-0.2, 0) is 6.54 Å². The topological polar surface area (TPSA) is 101 Å². The van der Waals surface area contributed by atoms with Gasteiger partial charge in [0.2, 0.25) is 5.95 Å². The molecule has 2 aromatic rings. The first-order valence-corrected chi connectivity index (χ1v) is 9.24. The number of anilines is 3. The molecule has 0 atom stereocenters. The minimum atomic E-state index is 0.134. The number of aryl methyl sites for hydroxylation is 2. The van der Waals surface area contributed by atoms with Gasteiger partial charge >= 0.3 is 0 Å². The predicted molar refractivity (Wildman–Crippen MR) is 109 cm³/mol. The van der Waals surface area contributed by atoms with E-state index >= 15 is 0 Å². The van der Waals surface area contributed by atoms with Crippen LogP contribution < -0.4 is 16.4 Å². The molecule has 0 radical (unpaired) electrons. The van der Waals surface area contributed by atoms with Crippen LogP contribution in [0.1, 0.15) is 39.5 Å². The third-order valence-corrected chi connectivity index (χ3v) is 5.31. The van der Waals surface area contributed by atoms with E-state index < -0.39 is 0 Å². The summed E-state index contributed by atoms with van der Waals surface area (Å²) in [6.07, 6.45) is 0. The average Bonchev–Trinajstić information content (AvgIpc) is 2.57. The summed E-state index contributed by atoms with van der Waals surface area (Å²) < 4.78 is 0. The number of ketones is 1. The Hall–Kier alpha value is -2.67. The molecule has 1 aliphatic heterocycles. The fourth-order valence-electron chi connectivity index (χ4n) is 4.00. The van der Waals surface area contributed by atoms with E-state index in [1.165, 1.54) is 11.1 Å². The summed E-state index contributed by atoms with van der Waals surface area (Å²) in [6, 6.07) is 3.89. The molecule has 3 rings (SSSR count). The molecule has 1 aromatic heterocycles. The molecule has 1 fully saturated rings. The molecule has 0 amide bonds. The lowest BCUT2D eigenvalue weighted by molar-refractivity contribution is 0.101. The maximum absolute atomic E-state index is 12.0. The Morgan fingerprint density at radius 2 is 1.70 bits per heavy atom. The van der Waals surface area contributed by atoms with E-state index in [0.717, 1.165) is 55.2 Å². The number of hydrogen-bond donors (Lipinski definition) is 2. The van der Waals surface area contributed by atoms with Crippen molar-refractivity contribution in [2.24, 2.45) is 0 Å². The van der Waals surface area contributed by atoms with Gasteiger partial charge in [0.05, 0.1) is 0 Å². The largest absolute Gasteiger partial charge is 0.383 e. The summed E-state index contributed by atoms with van der Waals surface area (Å²) in [4.78, 5) is 24.9. The van der Waals surface area contributed by atoms with Crippen LogP contribution in [0, 0.1) is 20.8 Å². The first-order valence-electron chi connectivity index (χ1n) is 9.24. The Morgan fingerprint density at radius 3 is 2.30 bits per heavy atom. The smallest absolute Gasteiger partial charge is 0.223 e. The van der Waals surface area contributed by atoms with Crippen molar-refractivity contribution in [1.82, 2.24) is 14.9 Å². The molecule has 1 saturated heterocycles. The summed E-state index contributed by atoms with van der Waals surface area (Å²) in [5.74, 6) is 1.51. The normalized spacial score (nSPS) is 15.2. The standard InChI is InChI=1S/C20H28N6O/c1-12-9-13(2)19(15(4)27)14(3)16(12)11-25-5-7-26(8-6-25)18-10-17(21)23-20(22)24-18/h9-10H,5-8,11H2,1-4H3,(H4,21,22,23,24). The van der Waals surface area contributed by atoms with Crippen molar-refractivity contribution < 1.29 is 4.79 Å². The number of rotatable bonds is 4. The van der Waals surface area contributed by atoms with Gasteiger partial charge < -0.3 is 16.4 Å². The summed E-state index contributed by atoms with van der Waals surface area (Å²) in [6.45, 7) is 12.2. The molecule has 0 unspecified atom stereocenters. The van der Waals surface area contributed by atoms with Crippen molar-refractivity contribution in [2.45, 2.75) is 34.2 Å². The maximum atomic E-state index is 12.0. The van der Waals surface area contributed by atoms with Gasteiger partial charge in [0.1, 0.15) is 11.6 Å². The molecular formula is C20H28N6O. The van der Waals surface area contributed by atoms with Gasteiger partial charge in [0.15, 0.2) is 5.78 Å². The molecule has 0 bridgehead atoms. The van der Waals surface area contributed by atoms with E-state index in [4.69, 9.17) is 11.5 Å². The van der Waals surface area contributed by atoms with Crippen molar-refractivity contribution in [3.63, 3.8) is 0 Å². The van der Waals surface area contributed by atoms with Crippen molar-refractivity contribution in [2.75, 3.05) is 42.5 Å². The van der Waals surface area contributed by atoms with Gasteiger partial charge in [-0.2, -0.15) is 9.97 Å². The fraction of sp³-hybridized carbons (Fsp3) is 0.450. The van der Waals surface area contributed by atoms with Crippen molar-refractivity contribution in [3.05, 3.63) is 39.9 Å². The Balaban J connectivity index is 1.73. The first kappa shape index (κ1) is 19.1. The highest BCUT2D eigenvalue weighted by atomic mass is 16.1. The minimum absolute atomic E-state index is 0.134. The number of Topliss-reactive ketones (excluding diaryl/α,β-unsaturated/α-hetero) is 1. The number of aromatic nitrogens is 2. The second kappa shape index (κ2) is 7.52. The molecule has 144 valence electrons. The zero-order chi connectivity index (χ0) is 19.7. The number of piperazine rings is 1. The Morgan fingerprint density at radius 1 is 1.04 bits per heavy atom. The summed E-state index contributed by atoms with van der Waals surface area (Å²) in [5.41, 5.74) is 17.0. The Labute approximate surface area is 160 Å². The SMILES string of the molecule is CC(=O)c1c(C)cc(C)c(CN2CCN(c3cc(N)nc(N)n3)CC2)c1C. The van der Waals surface area contributed by atoms with E-state index in [-0.39, 0.29) is 11.7 Å². The van der Waals surface area contributed by atoms with E-state index in [1.807, 2.05) is 6.92 Å². The lowest BCUT2D eigenvalue weighted by Gasteiger charge is -2.36. The molecule has 0 spiro atoms. The van der Waals surface area contributed by atoms with E-state index in [9.17, 15) is 4.79 Å². The number of nitrogen functional groups attached to an aromatic ring is 2. The van der Waals surface area contributed by atoms with Crippen molar-refractivity contribution >= 4 is 23.4 Å². The van der Waals surface area contributed by atoms with Crippen LogP contribution in [0.4, 0.5) is 17.6 Å². The number of nitrogens with zero attached hydrogens (tertiary/aromatic N) is 4. The van der Waals surface area contributed by atoms with Gasteiger partial charge in [-0.3, -0.25) is 9.69 Å². The van der Waals surface area contributed by atoms with E-state index in [2.05, 4.69) is 39.7 Å². The highest BCUT2D eigenvalue weighted by Gasteiger charge is 2.21. The molecule has 0 saturated carbocycles. The summed E-state index contributed by atoms with van der Waals surface area (Å²) in [7, 11) is 0. The average molecular weight is 368 g/mol. The Bertz CT molecular complexity index is 851. The van der Waals surface area contributed by atoms with E-state index in [0.29, 0.717) is 5.82 Å². The zero-order valence-corrected chi connectivity index (χ0v) is 16.5. The molecular weight excluding hydrogens is 340 g/mol. The number of nitrogens with two attached hydrogens (primary N) is 2. The number of benzene rings is 1. The number of carbonyl (C=O) groups excluding carboxylic acids is 1. The first-order chi connectivity index (χ1) is 12.8. The quantitative estimate of drug-likeness (QED) is 0.797. The van der Waals surface area contributed by atoms with Crippen LogP contribution in [0.2, 0.25) is 0 Å². The summed E-state index contributed by atoms with van der Waals surface area (Å²) >= 11 is 0. The van der Waals surface area contributed by atoms with Gasteiger partial charge in [-0.15, -0.1) is 0 Å². The third kappa shape index (κ3) is 4.03. The molecule has 27 heavy (non-hydrogen) atoms. The van der Waals surface area contributed by atoms with Gasteiger partial charge in [-0.25, -0.2) is 0 Å². The van der Waals surface area contributed by atoms with Gasteiger partial charge in [-0.1, -0.05) is 6.07 Å². The molecule has 1 aromatic carbocycles. The number of hydrogen-bond acceptors (Lipinski definition) is 7. The lowest BCUT2D eigenvalue weighted by atomic mass is 9.91. The van der Waals surface area contributed by atoms with Gasteiger partial charge in [-0.05, 0) is 49.9 Å². The highest BCUT2D eigenvalue weighted by molar-refractivity contribution is 5.97. The van der Waals surface area contributed by atoms with Crippen molar-refractivity contribution in [3.8, 4) is 0 Å². The number of carbonyl (C=O) groups is 1. The van der Waals surface area contributed by atoms with Gasteiger partial charge in [0.25, 0.3) is 0 Å². The minimum Gasteiger partial charge on any atom is -0.383 e. The van der Waals surface area contributed by atoms with Crippen LogP contribution >= 0.6 is 0 Å². The van der Waals surface area contributed by atoms with Crippen molar-refractivity contribution in [1.29, 1.82) is 0 Å². The second-order valence-electron chi connectivity index (χ2n) is 7.32. The molecule has 0 aliphatic carbocycles. The molecule has 1 aliphatic rings. The molecule has 4 N–H and O–H groups in total.